The maximum absolute atomic E-state index is 14.0. The van der Waals surface area contributed by atoms with E-state index in [2.05, 4.69) is 56.3 Å². The van der Waals surface area contributed by atoms with Crippen molar-refractivity contribution in [2.24, 2.45) is 0 Å². The first-order valence-electron chi connectivity index (χ1n) is 16.3. The van der Waals surface area contributed by atoms with Crippen LogP contribution in [0.1, 0.15) is 84.6 Å². The van der Waals surface area contributed by atoms with Crippen LogP contribution in [0.15, 0.2) is 71.8 Å². The average Bonchev–Trinajstić information content (AvgIpc) is 3.39. The van der Waals surface area contributed by atoms with Gasteiger partial charge in [0.2, 0.25) is 5.91 Å². The number of amides is 2. The van der Waals surface area contributed by atoms with E-state index >= 15 is 0 Å². The summed E-state index contributed by atoms with van der Waals surface area (Å²) < 4.78 is 14.4. The second kappa shape index (κ2) is 14.0. The SMILES string of the molecule is C[C@@H](C(=O)Nc1ccc(CC2CC[C@H]([C@H](O[Si](C)(C)C(C)(C)C)c3ccccc3)N2C(=O)OC(C)(C)C)cc1N)n1cccnc1=O. The molecule has 3 N–H and O–H groups in total. The van der Waals surface area contributed by atoms with Crippen molar-refractivity contribution in [2.75, 3.05) is 11.1 Å². The highest BCUT2D eigenvalue weighted by molar-refractivity contribution is 6.74. The predicted molar refractivity (Wildman–Crippen MR) is 189 cm³/mol. The zero-order valence-corrected chi connectivity index (χ0v) is 30.2. The number of hydrogen-bond donors (Lipinski definition) is 2. The third-order valence-electron chi connectivity index (χ3n) is 9.24. The van der Waals surface area contributed by atoms with Crippen LogP contribution in [0.3, 0.4) is 0 Å². The van der Waals surface area contributed by atoms with Crippen LogP contribution in [0.5, 0.6) is 0 Å². The van der Waals surface area contributed by atoms with E-state index in [1.165, 1.54) is 17.0 Å². The third-order valence-corrected chi connectivity index (χ3v) is 13.7. The van der Waals surface area contributed by atoms with Gasteiger partial charge in [-0.2, -0.15) is 0 Å². The van der Waals surface area contributed by atoms with Gasteiger partial charge in [-0.1, -0.05) is 57.2 Å². The number of nitrogens with two attached hydrogens (primary N) is 1. The lowest BCUT2D eigenvalue weighted by Gasteiger charge is -2.43. The monoisotopic (exact) mass is 661 g/mol. The van der Waals surface area contributed by atoms with Gasteiger partial charge >= 0.3 is 11.8 Å². The molecule has 0 spiro atoms. The summed E-state index contributed by atoms with van der Waals surface area (Å²) in [5.41, 5.74) is 8.07. The Morgan fingerprint density at radius 3 is 2.32 bits per heavy atom. The molecule has 2 heterocycles. The molecule has 0 aliphatic carbocycles. The highest BCUT2D eigenvalue weighted by Gasteiger charge is 2.47. The van der Waals surface area contributed by atoms with Gasteiger partial charge < -0.3 is 20.2 Å². The van der Waals surface area contributed by atoms with Crippen molar-refractivity contribution in [3.8, 4) is 0 Å². The Morgan fingerprint density at radius 1 is 1.04 bits per heavy atom. The van der Waals surface area contributed by atoms with Gasteiger partial charge in [0.05, 0.1) is 23.5 Å². The maximum atomic E-state index is 14.0. The largest absolute Gasteiger partial charge is 0.444 e. The quantitative estimate of drug-likeness (QED) is 0.185. The molecule has 1 aliphatic heterocycles. The van der Waals surface area contributed by atoms with E-state index in [9.17, 15) is 14.4 Å². The smallest absolute Gasteiger partial charge is 0.410 e. The number of nitrogen functional groups attached to an aromatic ring is 1. The van der Waals surface area contributed by atoms with Crippen molar-refractivity contribution >= 4 is 31.7 Å². The van der Waals surface area contributed by atoms with E-state index in [4.69, 9.17) is 14.9 Å². The van der Waals surface area contributed by atoms with Crippen molar-refractivity contribution in [3.05, 3.63) is 88.6 Å². The molecule has 1 saturated heterocycles. The molecule has 2 aromatic carbocycles. The van der Waals surface area contributed by atoms with Gasteiger partial charge in [-0.25, -0.2) is 14.6 Å². The first-order valence-corrected chi connectivity index (χ1v) is 19.3. The number of rotatable bonds is 9. The maximum Gasteiger partial charge on any atom is 0.410 e. The van der Waals surface area contributed by atoms with Gasteiger partial charge in [-0.15, -0.1) is 0 Å². The summed E-state index contributed by atoms with van der Waals surface area (Å²) >= 11 is 0. The number of benzene rings is 2. The zero-order valence-electron chi connectivity index (χ0n) is 29.2. The standard InChI is InChI=1S/C36H51N5O5Si/c1-24(40-21-13-20-38-33(40)43)32(42)39-29-18-16-25(23-28(29)37)22-27-17-19-30(41(27)34(44)45-35(2,3)4)31(26-14-11-10-12-15-26)46-47(8,9)36(5,6)7/h10-16,18,20-21,23-24,27,30-31H,17,19,22,37H2,1-9H3,(H,39,42)/t24-,27?,30+,31+/m0/s1. The normalized spacial score (nSPS) is 18.4. The second-order valence-electron chi connectivity index (χ2n) is 15.0. The molecule has 1 unspecified atom stereocenters. The average molecular weight is 662 g/mol. The number of nitrogens with one attached hydrogen (secondary N) is 1. The molecule has 10 nitrogen and oxygen atoms in total. The number of carbonyl (C=O) groups excluding carboxylic acids is 2. The topological polar surface area (TPSA) is 129 Å². The fourth-order valence-corrected chi connectivity index (χ4v) is 6.95. The highest BCUT2D eigenvalue weighted by Crippen LogP contribution is 2.44. The Kier molecular flexibility index (Phi) is 10.7. The Balaban J connectivity index is 1.61. The minimum atomic E-state index is -2.24. The predicted octanol–water partition coefficient (Wildman–Crippen LogP) is 7.10. The number of likely N-dealkylation sites (tertiary alicyclic amines) is 1. The van der Waals surface area contributed by atoms with Crippen LogP contribution in [-0.4, -0.2) is 52.5 Å². The number of hydrogen-bond acceptors (Lipinski definition) is 7. The summed E-state index contributed by atoms with van der Waals surface area (Å²) in [7, 11) is -2.24. The van der Waals surface area contributed by atoms with Crippen molar-refractivity contribution < 1.29 is 18.8 Å². The lowest BCUT2D eigenvalue weighted by molar-refractivity contribution is -0.118. The Morgan fingerprint density at radius 2 is 1.72 bits per heavy atom. The summed E-state index contributed by atoms with van der Waals surface area (Å²) in [5, 5.41) is 2.82. The van der Waals surface area contributed by atoms with Gasteiger partial charge in [-0.05, 0) is 94.4 Å². The highest BCUT2D eigenvalue weighted by atomic mass is 28.4. The molecule has 47 heavy (non-hydrogen) atoms. The molecular formula is C36H51N5O5Si. The minimum Gasteiger partial charge on any atom is -0.444 e. The van der Waals surface area contributed by atoms with Crippen molar-refractivity contribution in [3.63, 3.8) is 0 Å². The molecule has 2 amide bonds. The molecule has 0 saturated carbocycles. The number of nitrogens with zero attached hydrogens (tertiary/aromatic N) is 3. The van der Waals surface area contributed by atoms with E-state index in [1.54, 1.807) is 19.1 Å². The Hall–Kier alpha value is -3.96. The molecule has 11 heteroatoms. The molecule has 1 aliphatic rings. The molecule has 0 bridgehead atoms. The van der Waals surface area contributed by atoms with E-state index in [-0.39, 0.29) is 35.2 Å². The van der Waals surface area contributed by atoms with Gasteiger partial charge in [0.1, 0.15) is 11.6 Å². The molecule has 1 fully saturated rings. The molecule has 1 aromatic heterocycles. The molecule has 4 atom stereocenters. The molecular weight excluding hydrogens is 611 g/mol. The van der Waals surface area contributed by atoms with Crippen molar-refractivity contribution in [2.45, 2.75) is 116 Å². The summed E-state index contributed by atoms with van der Waals surface area (Å²) in [6.07, 6.45) is 4.32. The van der Waals surface area contributed by atoms with E-state index in [1.807, 2.05) is 56.0 Å². The van der Waals surface area contributed by atoms with E-state index in [0.29, 0.717) is 17.8 Å². The fraction of sp³-hybridized carbons (Fsp3) is 0.500. The van der Waals surface area contributed by atoms with Gasteiger partial charge in [0.25, 0.3) is 0 Å². The number of aromatic nitrogens is 2. The molecule has 3 aromatic rings. The molecule has 4 rings (SSSR count). The van der Waals surface area contributed by atoms with Crippen molar-refractivity contribution in [1.29, 1.82) is 0 Å². The molecule has 0 radical (unpaired) electrons. The fourth-order valence-electron chi connectivity index (χ4n) is 5.67. The van der Waals surface area contributed by atoms with E-state index in [0.717, 1.165) is 24.0 Å². The van der Waals surface area contributed by atoms with Crippen LogP contribution < -0.4 is 16.7 Å². The Labute approximate surface area is 279 Å². The van der Waals surface area contributed by atoms with Gasteiger partial charge in [0, 0.05) is 18.4 Å². The van der Waals surface area contributed by atoms with Crippen LogP contribution in [-0.2, 0) is 20.4 Å². The van der Waals surface area contributed by atoms with Crippen LogP contribution in [0.4, 0.5) is 16.2 Å². The minimum absolute atomic E-state index is 0.0186. The van der Waals surface area contributed by atoms with Gasteiger partial charge in [0.15, 0.2) is 8.32 Å². The summed E-state index contributed by atoms with van der Waals surface area (Å²) in [5.74, 6) is -0.386. The van der Waals surface area contributed by atoms with Crippen LogP contribution in [0.2, 0.25) is 18.1 Å². The van der Waals surface area contributed by atoms with Gasteiger partial charge in [-0.3, -0.25) is 14.3 Å². The number of anilines is 2. The summed E-state index contributed by atoms with van der Waals surface area (Å²) in [6.45, 7) is 18.4. The Bertz CT molecular complexity index is 1610. The number of ether oxygens (including phenoxy) is 1. The lowest BCUT2D eigenvalue weighted by Crippen LogP contribution is -2.50. The van der Waals surface area contributed by atoms with Crippen molar-refractivity contribution in [1.82, 2.24) is 14.5 Å². The zero-order chi connectivity index (χ0) is 34.7. The lowest BCUT2D eigenvalue weighted by atomic mass is 10.0. The van der Waals surface area contributed by atoms with Crippen LogP contribution >= 0.6 is 0 Å². The third kappa shape index (κ3) is 8.69. The summed E-state index contributed by atoms with van der Waals surface area (Å²) in [4.78, 5) is 44.7. The van der Waals surface area contributed by atoms with E-state index < -0.39 is 25.7 Å². The second-order valence-corrected chi connectivity index (χ2v) is 19.8. The summed E-state index contributed by atoms with van der Waals surface area (Å²) in [6, 6.07) is 16.1. The molecule has 254 valence electrons. The first kappa shape index (κ1) is 35.9. The number of carbonyl (C=O) groups is 2. The van der Waals surface area contributed by atoms with Crippen LogP contribution in [0.25, 0.3) is 0 Å². The first-order chi connectivity index (χ1) is 21.9. The van der Waals surface area contributed by atoms with Crippen LogP contribution in [0, 0.1) is 0 Å².